The lowest BCUT2D eigenvalue weighted by Crippen LogP contribution is -2.41. The molecule has 0 aliphatic carbocycles. The monoisotopic (exact) mass is 315 g/mol. The third-order valence-corrected chi connectivity index (χ3v) is 4.35. The molecule has 5 nitrogen and oxygen atoms in total. The number of morpholine rings is 1. The lowest BCUT2D eigenvalue weighted by atomic mass is 10.1. The Labute approximate surface area is 127 Å². The highest BCUT2D eigenvalue weighted by atomic mass is 32.2. The highest BCUT2D eigenvalue weighted by molar-refractivity contribution is 7.86. The van der Waals surface area contributed by atoms with E-state index in [0.29, 0.717) is 23.3 Å². The van der Waals surface area contributed by atoms with E-state index < -0.39 is 10.1 Å². The minimum Gasteiger partial charge on any atom is -0.373 e. The predicted molar refractivity (Wildman–Crippen MR) is 83.3 cm³/mol. The molecule has 0 spiro atoms. The molecule has 0 saturated carbocycles. The first kappa shape index (κ1) is 18.1. The number of hydrogen-bond acceptors (Lipinski definition) is 4. The largest absolute Gasteiger partial charge is 0.373 e. The highest BCUT2D eigenvalue weighted by Gasteiger charge is 2.16. The minimum atomic E-state index is -4.08. The van der Waals surface area contributed by atoms with Crippen LogP contribution in [-0.2, 0) is 14.9 Å². The molecule has 1 fully saturated rings. The molecule has 6 heteroatoms. The summed E-state index contributed by atoms with van der Waals surface area (Å²) in [7, 11) is -4.08. The van der Waals surface area contributed by atoms with Crippen LogP contribution < -0.4 is 5.32 Å². The van der Waals surface area contributed by atoms with Crippen LogP contribution in [0.15, 0.2) is 17.0 Å². The van der Waals surface area contributed by atoms with Gasteiger partial charge in [-0.1, -0.05) is 17.7 Å². The van der Waals surface area contributed by atoms with Crippen molar-refractivity contribution in [3.63, 3.8) is 0 Å². The quantitative estimate of drug-likeness (QED) is 0.777. The predicted octanol–water partition coefficient (Wildman–Crippen LogP) is 2.24. The number of nitrogens with one attached hydrogen (secondary N) is 1. The molecular formula is C15H25NO4S. The molecule has 1 saturated heterocycles. The van der Waals surface area contributed by atoms with Gasteiger partial charge in [-0.15, -0.1) is 0 Å². The van der Waals surface area contributed by atoms with E-state index in [4.69, 9.17) is 9.29 Å². The van der Waals surface area contributed by atoms with Crippen molar-refractivity contribution < 1.29 is 17.7 Å². The van der Waals surface area contributed by atoms with E-state index in [1.807, 2.05) is 6.92 Å². The minimum absolute atomic E-state index is 0.0260. The molecule has 1 aliphatic rings. The summed E-state index contributed by atoms with van der Waals surface area (Å²) in [4.78, 5) is 0.0260. The lowest BCUT2D eigenvalue weighted by molar-refractivity contribution is -0.0166. The first-order chi connectivity index (χ1) is 9.61. The standard InChI is InChI=1S/C9H12O3S.C6H13NO/c1-6-4-7(2)9(8(3)5-6)13(10,11)12;1-5-3-7-4-6(2)8-5/h4-5H,1-3H3,(H,10,11,12);5-7H,3-4H2,1-2H3. The van der Waals surface area contributed by atoms with Crippen LogP contribution in [0.4, 0.5) is 0 Å². The molecule has 1 aromatic rings. The van der Waals surface area contributed by atoms with Gasteiger partial charge in [-0.25, -0.2) is 0 Å². The maximum absolute atomic E-state index is 10.9. The van der Waals surface area contributed by atoms with Crippen molar-refractivity contribution in [1.29, 1.82) is 0 Å². The van der Waals surface area contributed by atoms with Crippen LogP contribution in [0.3, 0.4) is 0 Å². The van der Waals surface area contributed by atoms with Gasteiger partial charge in [0.15, 0.2) is 0 Å². The SMILES string of the molecule is CC1CNCC(C)O1.Cc1cc(C)c(S(=O)(=O)O)c(C)c1. The second-order valence-corrected chi connectivity index (χ2v) is 6.98. The first-order valence-corrected chi connectivity index (χ1v) is 8.46. The lowest BCUT2D eigenvalue weighted by Gasteiger charge is -2.25. The van der Waals surface area contributed by atoms with E-state index in [-0.39, 0.29) is 4.90 Å². The molecule has 2 N–H and O–H groups in total. The fourth-order valence-electron chi connectivity index (χ4n) is 2.56. The number of aryl methyl sites for hydroxylation is 3. The van der Waals surface area contributed by atoms with Gasteiger partial charge in [-0.2, -0.15) is 8.42 Å². The molecule has 0 aromatic heterocycles. The summed E-state index contributed by atoms with van der Waals surface area (Å²) in [5.74, 6) is 0. The molecule has 1 aliphatic heterocycles. The van der Waals surface area contributed by atoms with Gasteiger partial charge in [0.1, 0.15) is 0 Å². The Morgan fingerprint density at radius 2 is 1.52 bits per heavy atom. The van der Waals surface area contributed by atoms with Crippen LogP contribution in [0, 0.1) is 20.8 Å². The zero-order valence-corrected chi connectivity index (χ0v) is 14.1. The van der Waals surface area contributed by atoms with Crippen molar-refractivity contribution in [3.05, 3.63) is 28.8 Å². The molecule has 120 valence electrons. The third-order valence-electron chi connectivity index (χ3n) is 3.19. The molecule has 2 atom stereocenters. The van der Waals surface area contributed by atoms with E-state index in [9.17, 15) is 8.42 Å². The van der Waals surface area contributed by atoms with Crippen LogP contribution in [0.1, 0.15) is 30.5 Å². The maximum atomic E-state index is 10.9. The van der Waals surface area contributed by atoms with Crippen molar-refractivity contribution in [2.45, 2.75) is 51.7 Å². The molecule has 21 heavy (non-hydrogen) atoms. The molecule has 0 amide bonds. The van der Waals surface area contributed by atoms with Crippen molar-refractivity contribution in [2.75, 3.05) is 13.1 Å². The molecular weight excluding hydrogens is 290 g/mol. The van der Waals surface area contributed by atoms with Crippen molar-refractivity contribution in [1.82, 2.24) is 5.32 Å². The number of hydrogen-bond donors (Lipinski definition) is 2. The summed E-state index contributed by atoms with van der Waals surface area (Å²) in [5, 5.41) is 3.26. The second-order valence-electron chi connectivity index (χ2n) is 5.62. The first-order valence-electron chi connectivity index (χ1n) is 7.02. The van der Waals surface area contributed by atoms with E-state index in [1.165, 1.54) is 0 Å². The van der Waals surface area contributed by atoms with Gasteiger partial charge in [0.05, 0.1) is 17.1 Å². The van der Waals surface area contributed by atoms with Crippen LogP contribution in [0.2, 0.25) is 0 Å². The van der Waals surface area contributed by atoms with Gasteiger partial charge in [-0.3, -0.25) is 4.55 Å². The van der Waals surface area contributed by atoms with E-state index in [0.717, 1.165) is 18.7 Å². The maximum Gasteiger partial charge on any atom is 0.295 e. The van der Waals surface area contributed by atoms with E-state index in [1.54, 1.807) is 26.0 Å². The molecule has 0 bridgehead atoms. The van der Waals surface area contributed by atoms with Crippen LogP contribution in [0.5, 0.6) is 0 Å². The molecule has 0 radical (unpaired) electrons. The van der Waals surface area contributed by atoms with Gasteiger partial charge in [-0.05, 0) is 45.7 Å². The molecule has 1 heterocycles. The Morgan fingerprint density at radius 3 is 1.81 bits per heavy atom. The average Bonchev–Trinajstić information content (AvgIpc) is 2.25. The Kier molecular flexibility index (Phi) is 6.34. The zero-order chi connectivity index (χ0) is 16.2. The topological polar surface area (TPSA) is 75.6 Å². The molecule has 1 aromatic carbocycles. The van der Waals surface area contributed by atoms with Gasteiger partial charge in [0, 0.05) is 13.1 Å². The molecule has 2 rings (SSSR count). The summed E-state index contributed by atoms with van der Waals surface area (Å²) in [5.41, 5.74) is 2.16. The van der Waals surface area contributed by atoms with Crippen LogP contribution in [-0.4, -0.2) is 38.3 Å². The summed E-state index contributed by atoms with van der Waals surface area (Å²) in [6.45, 7) is 11.4. The van der Waals surface area contributed by atoms with E-state index >= 15 is 0 Å². The van der Waals surface area contributed by atoms with Crippen molar-refractivity contribution in [3.8, 4) is 0 Å². The van der Waals surface area contributed by atoms with Gasteiger partial charge < -0.3 is 10.1 Å². The molecule has 2 unspecified atom stereocenters. The van der Waals surface area contributed by atoms with Gasteiger partial charge in [0.25, 0.3) is 10.1 Å². The summed E-state index contributed by atoms with van der Waals surface area (Å²) in [6, 6.07) is 3.46. The Bertz CT molecular complexity index is 552. The van der Waals surface area contributed by atoms with Gasteiger partial charge >= 0.3 is 0 Å². The Hall–Kier alpha value is -0.950. The zero-order valence-electron chi connectivity index (χ0n) is 13.3. The smallest absolute Gasteiger partial charge is 0.295 e. The third kappa shape index (κ3) is 5.74. The van der Waals surface area contributed by atoms with E-state index in [2.05, 4.69) is 19.2 Å². The normalized spacial score (nSPS) is 22.4. The van der Waals surface area contributed by atoms with Crippen molar-refractivity contribution in [2.24, 2.45) is 0 Å². The Balaban J connectivity index is 0.000000235. The fraction of sp³-hybridized carbons (Fsp3) is 0.600. The average molecular weight is 315 g/mol. The number of ether oxygens (including phenoxy) is 1. The Morgan fingerprint density at radius 1 is 1.10 bits per heavy atom. The second kappa shape index (κ2) is 7.35. The van der Waals surface area contributed by atoms with Crippen LogP contribution in [0.25, 0.3) is 0 Å². The van der Waals surface area contributed by atoms with Crippen molar-refractivity contribution >= 4 is 10.1 Å². The van der Waals surface area contributed by atoms with Gasteiger partial charge in [0.2, 0.25) is 0 Å². The number of rotatable bonds is 1. The summed E-state index contributed by atoms with van der Waals surface area (Å²) >= 11 is 0. The van der Waals surface area contributed by atoms with Crippen LogP contribution >= 0.6 is 0 Å². The highest BCUT2D eigenvalue weighted by Crippen LogP contribution is 2.20. The number of benzene rings is 1. The fourth-order valence-corrected chi connectivity index (χ4v) is 3.49. The summed E-state index contributed by atoms with van der Waals surface area (Å²) < 4.78 is 36.2. The summed E-state index contributed by atoms with van der Waals surface area (Å²) in [6.07, 6.45) is 0.803.